The van der Waals surface area contributed by atoms with Crippen LogP contribution >= 0.6 is 0 Å². The number of aromatic nitrogens is 2. The summed E-state index contributed by atoms with van der Waals surface area (Å²) < 4.78 is 7.92. The van der Waals surface area contributed by atoms with Crippen molar-refractivity contribution >= 4 is 25.0 Å². The van der Waals surface area contributed by atoms with Crippen LogP contribution in [0, 0.1) is 5.92 Å². The Morgan fingerprint density at radius 3 is 2.59 bits per heavy atom. The smallest absolute Gasteiger partial charge is 0.279 e. The van der Waals surface area contributed by atoms with Gasteiger partial charge in [-0.1, -0.05) is 37.3 Å². The van der Waals surface area contributed by atoms with Gasteiger partial charge in [0.1, 0.15) is 0 Å². The summed E-state index contributed by atoms with van der Waals surface area (Å²) in [4.78, 5) is 39.0. The maximum atomic E-state index is 13.1. The molecule has 1 amide bonds. The van der Waals surface area contributed by atoms with E-state index in [1.165, 1.54) is 4.68 Å². The van der Waals surface area contributed by atoms with Crippen LogP contribution in [-0.2, 0) is 16.0 Å². The second kappa shape index (κ2) is 11.3. The van der Waals surface area contributed by atoms with Gasteiger partial charge < -0.3 is 19.5 Å². The van der Waals surface area contributed by atoms with Crippen molar-refractivity contribution in [3.8, 4) is 5.69 Å². The summed E-state index contributed by atoms with van der Waals surface area (Å²) in [5.74, 6) is 0.155. The molecule has 2 saturated heterocycles. The average Bonchev–Trinajstić information content (AvgIpc) is 3.52. The van der Waals surface area contributed by atoms with E-state index in [1.807, 2.05) is 61.6 Å². The molecule has 208 valence electrons. The first-order valence-electron chi connectivity index (χ1n) is 14.0. The number of nitrogens with zero attached hydrogens (tertiary/aromatic N) is 3. The van der Waals surface area contributed by atoms with Gasteiger partial charge in [0, 0.05) is 17.5 Å². The minimum absolute atomic E-state index is 0.00961. The van der Waals surface area contributed by atoms with E-state index >= 15 is 0 Å². The van der Waals surface area contributed by atoms with Gasteiger partial charge in [0.25, 0.3) is 5.56 Å². The molecule has 9 heteroatoms. The number of aliphatic hydroxyl groups is 1. The van der Waals surface area contributed by atoms with Crippen molar-refractivity contribution < 1.29 is 19.4 Å². The van der Waals surface area contributed by atoms with Crippen molar-refractivity contribution in [2.75, 3.05) is 13.2 Å². The Morgan fingerprint density at radius 1 is 1.13 bits per heavy atom. The van der Waals surface area contributed by atoms with Crippen molar-refractivity contribution in [2.45, 2.75) is 75.9 Å². The van der Waals surface area contributed by atoms with Gasteiger partial charge in [-0.05, 0) is 68.5 Å². The van der Waals surface area contributed by atoms with E-state index < -0.39 is 8.32 Å². The van der Waals surface area contributed by atoms with Crippen molar-refractivity contribution in [2.24, 2.45) is 5.92 Å². The van der Waals surface area contributed by atoms with Crippen LogP contribution in [0.1, 0.15) is 38.2 Å². The molecule has 0 aliphatic carbocycles. The summed E-state index contributed by atoms with van der Waals surface area (Å²) in [6.07, 6.45) is 4.91. The third-order valence-corrected chi connectivity index (χ3v) is 11.1. The summed E-state index contributed by atoms with van der Waals surface area (Å²) in [5.41, 5.74) is 1.67. The van der Waals surface area contributed by atoms with Crippen LogP contribution in [0.25, 0.3) is 16.5 Å². The summed E-state index contributed by atoms with van der Waals surface area (Å²) in [6, 6.07) is 15.2. The van der Waals surface area contributed by atoms with E-state index in [9.17, 15) is 19.5 Å². The van der Waals surface area contributed by atoms with Crippen LogP contribution in [0.15, 0.2) is 59.5 Å². The molecule has 0 saturated carbocycles. The number of hydrogen-bond acceptors (Lipinski definition) is 6. The van der Waals surface area contributed by atoms with Crippen LogP contribution in [-0.4, -0.2) is 70.2 Å². The molecule has 0 bridgehead atoms. The molecule has 3 heterocycles. The van der Waals surface area contributed by atoms with Gasteiger partial charge >= 0.3 is 0 Å². The number of hydrogen-bond donors (Lipinski definition) is 2. The first-order chi connectivity index (χ1) is 18.7. The van der Waals surface area contributed by atoms with Crippen molar-refractivity contribution in [1.82, 2.24) is 14.7 Å². The molecular formula is C30H39N3O5Si. The zero-order valence-electron chi connectivity index (χ0n) is 23.0. The highest BCUT2D eigenvalue weighted by molar-refractivity contribution is 6.71. The lowest BCUT2D eigenvalue weighted by molar-refractivity contribution is -0.135. The van der Waals surface area contributed by atoms with E-state index in [1.54, 1.807) is 11.1 Å². The minimum atomic E-state index is -2.59. The van der Waals surface area contributed by atoms with Crippen molar-refractivity contribution in [1.29, 1.82) is 0 Å². The number of likely N-dealkylation sites (tertiary alicyclic amines) is 1. The maximum Gasteiger partial charge on any atom is 0.279 e. The van der Waals surface area contributed by atoms with E-state index in [0.29, 0.717) is 11.9 Å². The zero-order chi connectivity index (χ0) is 27.7. The highest BCUT2D eigenvalue weighted by atomic mass is 28.4. The SMILES string of the molecule is C[C@H]1[C@H]([Si](C)(C)O)[C@@H](CC(=O)N2CCC[C@H]2CO)O[C@H]1CCc1ccc(-n2ncc3ccccc3c2=O)cc1. The van der Waals surface area contributed by atoms with Crippen LogP contribution in [0.4, 0.5) is 0 Å². The fourth-order valence-corrected chi connectivity index (χ4v) is 9.25. The third kappa shape index (κ3) is 5.72. The second-order valence-corrected chi connectivity index (χ2v) is 15.6. The number of fused-ring (bicyclic) bond motifs is 1. The molecule has 2 aliphatic heterocycles. The van der Waals surface area contributed by atoms with Crippen LogP contribution in [0.2, 0.25) is 18.6 Å². The monoisotopic (exact) mass is 549 g/mol. The van der Waals surface area contributed by atoms with E-state index in [-0.39, 0.29) is 54.2 Å². The van der Waals surface area contributed by atoms with E-state index in [2.05, 4.69) is 12.0 Å². The first-order valence-corrected chi connectivity index (χ1v) is 17.0. The molecule has 1 aromatic heterocycles. The summed E-state index contributed by atoms with van der Waals surface area (Å²) in [6.45, 7) is 6.68. The summed E-state index contributed by atoms with van der Waals surface area (Å²) >= 11 is 0. The normalized spacial score (nSPS) is 25.5. The first kappa shape index (κ1) is 27.7. The lowest BCUT2D eigenvalue weighted by atomic mass is 9.95. The quantitative estimate of drug-likeness (QED) is 0.416. The zero-order valence-corrected chi connectivity index (χ0v) is 24.0. The fourth-order valence-electron chi connectivity index (χ4n) is 6.64. The minimum Gasteiger partial charge on any atom is -0.432 e. The van der Waals surface area contributed by atoms with Gasteiger partial charge in [-0.15, -0.1) is 0 Å². The van der Waals surface area contributed by atoms with Crippen molar-refractivity contribution in [3.63, 3.8) is 0 Å². The van der Waals surface area contributed by atoms with Gasteiger partial charge in [0.2, 0.25) is 5.91 Å². The summed E-state index contributed by atoms with van der Waals surface area (Å²) in [5, 5.41) is 15.5. The number of aliphatic hydroxyl groups excluding tert-OH is 1. The third-order valence-electron chi connectivity index (χ3n) is 8.60. The molecule has 0 unspecified atom stereocenters. The fraction of sp³-hybridized carbons (Fsp3) is 0.500. The lowest BCUT2D eigenvalue weighted by Crippen LogP contribution is -2.43. The molecule has 8 nitrogen and oxygen atoms in total. The number of aryl methyl sites for hydroxylation is 1. The topological polar surface area (TPSA) is 105 Å². The number of amides is 1. The Bertz CT molecular complexity index is 1370. The lowest BCUT2D eigenvalue weighted by Gasteiger charge is -2.31. The van der Waals surface area contributed by atoms with Gasteiger partial charge in [-0.25, -0.2) is 0 Å². The largest absolute Gasteiger partial charge is 0.432 e. The average molecular weight is 550 g/mol. The number of carbonyl (C=O) groups is 1. The molecule has 39 heavy (non-hydrogen) atoms. The Morgan fingerprint density at radius 2 is 1.87 bits per heavy atom. The van der Waals surface area contributed by atoms with Gasteiger partial charge in [0.05, 0.1) is 48.5 Å². The Labute approximate surface area is 230 Å². The predicted octanol–water partition coefficient (Wildman–Crippen LogP) is 3.66. The highest BCUT2D eigenvalue weighted by Crippen LogP contribution is 2.45. The molecular weight excluding hydrogens is 510 g/mol. The molecule has 5 rings (SSSR count). The Balaban J connectivity index is 1.25. The molecule has 5 atom stereocenters. The number of carbonyl (C=O) groups excluding carboxylic acids is 1. The van der Waals surface area contributed by atoms with E-state index in [4.69, 9.17) is 4.74 Å². The Hall–Kier alpha value is -2.85. The molecule has 0 radical (unpaired) electrons. The maximum absolute atomic E-state index is 13.1. The Kier molecular flexibility index (Phi) is 8.05. The standard InChI is InChI=1S/C30H39N3O5Si/c1-20-26(38-27(29(20)39(2,3)37)17-28(35)32-16-6-8-24(32)19-34)15-12-21-10-13-23(14-11-21)33-30(36)25-9-5-4-7-22(25)18-31-33/h4-5,7,9-11,13-14,18,20,24,26-27,29,34,37H,6,8,12,15-17,19H2,1-3H3/t20-,24+,26+,27-,29+/m1/s1. The second-order valence-electron chi connectivity index (χ2n) is 11.7. The number of benzene rings is 2. The van der Waals surface area contributed by atoms with Crippen LogP contribution in [0.3, 0.4) is 0 Å². The predicted molar refractivity (Wildman–Crippen MR) is 153 cm³/mol. The molecule has 2 aromatic carbocycles. The van der Waals surface area contributed by atoms with Crippen molar-refractivity contribution in [3.05, 3.63) is 70.6 Å². The summed E-state index contributed by atoms with van der Waals surface area (Å²) in [7, 11) is -2.59. The molecule has 2 aliphatic rings. The van der Waals surface area contributed by atoms with Gasteiger partial charge in [-0.3, -0.25) is 9.59 Å². The molecule has 3 aromatic rings. The van der Waals surface area contributed by atoms with Crippen LogP contribution < -0.4 is 5.56 Å². The van der Waals surface area contributed by atoms with E-state index in [0.717, 1.165) is 42.3 Å². The number of rotatable bonds is 8. The van der Waals surface area contributed by atoms with Gasteiger partial charge in [-0.2, -0.15) is 9.78 Å². The highest BCUT2D eigenvalue weighted by Gasteiger charge is 2.50. The van der Waals surface area contributed by atoms with Gasteiger partial charge in [0.15, 0.2) is 8.32 Å². The molecule has 2 fully saturated rings. The van der Waals surface area contributed by atoms with Crippen LogP contribution in [0.5, 0.6) is 0 Å². The molecule has 2 N–H and O–H groups in total. The number of ether oxygens (including phenoxy) is 1. The molecule has 0 spiro atoms.